The Hall–Kier alpha value is -2.68. The van der Waals surface area contributed by atoms with E-state index < -0.39 is 35.0 Å². The van der Waals surface area contributed by atoms with Gasteiger partial charge in [0.2, 0.25) is 5.43 Å². The molecule has 2 saturated carbocycles. The fourth-order valence-corrected chi connectivity index (χ4v) is 4.61. The van der Waals surface area contributed by atoms with Gasteiger partial charge in [-0.3, -0.25) is 4.79 Å². The molecule has 3 aliphatic rings. The lowest BCUT2D eigenvalue weighted by molar-refractivity contribution is 0.0694. The Labute approximate surface area is 164 Å². The third kappa shape index (κ3) is 2.71. The van der Waals surface area contributed by atoms with Crippen LogP contribution in [0.15, 0.2) is 17.1 Å². The summed E-state index contributed by atoms with van der Waals surface area (Å²) in [7, 11) is 0. The second-order valence-corrected chi connectivity index (χ2v) is 8.59. The normalized spacial score (nSPS) is 27.4. The molecule has 1 aromatic carbocycles. The van der Waals surface area contributed by atoms with Gasteiger partial charge < -0.3 is 26.0 Å². The van der Waals surface area contributed by atoms with E-state index in [2.05, 4.69) is 0 Å². The van der Waals surface area contributed by atoms with Crippen molar-refractivity contribution >= 4 is 28.2 Å². The molecule has 9 heteroatoms. The Balaban J connectivity index is 1.68. The molecular weight excluding hydrogens is 382 g/mol. The number of hydrogen-bond donors (Lipinski definition) is 3. The van der Waals surface area contributed by atoms with E-state index in [0.29, 0.717) is 13.1 Å². The van der Waals surface area contributed by atoms with Gasteiger partial charge in [-0.15, -0.1) is 0 Å². The summed E-state index contributed by atoms with van der Waals surface area (Å²) < 4.78 is 30.7. The number of fused-ring (bicyclic) bond motifs is 1. The van der Waals surface area contributed by atoms with Crippen molar-refractivity contribution in [3.8, 4) is 0 Å². The molecule has 29 heavy (non-hydrogen) atoms. The Bertz CT molecular complexity index is 1110. The summed E-state index contributed by atoms with van der Waals surface area (Å²) in [5.41, 5.74) is 10.9. The predicted octanol–water partition coefficient (Wildman–Crippen LogP) is 2.02. The third-order valence-corrected chi connectivity index (χ3v) is 6.69. The fourth-order valence-electron chi connectivity index (χ4n) is 4.61. The van der Waals surface area contributed by atoms with Gasteiger partial charge in [0.05, 0.1) is 22.6 Å². The number of carboxylic acids is 1. The monoisotopic (exact) mass is 404 g/mol. The van der Waals surface area contributed by atoms with Gasteiger partial charge in [-0.05, 0) is 31.2 Å². The summed E-state index contributed by atoms with van der Waals surface area (Å²) in [6.07, 6.45) is 2.73. The van der Waals surface area contributed by atoms with Crippen molar-refractivity contribution in [2.75, 3.05) is 23.7 Å². The second-order valence-electron chi connectivity index (χ2n) is 8.59. The standard InChI is InChI=1S/C20H22F2N4O3/c21-11-5-13(11)26-8-10(19(28)29)18(27)15-12(23)6-14(16(22)17(15)26)25-4-1-9(7-25)20(24)2-3-20/h6,8-9,11,13H,1-5,7,23-24H2,(H,28,29)/t9-,11+,13?/m1/s1. The first-order valence-corrected chi connectivity index (χ1v) is 9.79. The molecule has 7 nitrogen and oxygen atoms in total. The first kappa shape index (κ1) is 18.4. The summed E-state index contributed by atoms with van der Waals surface area (Å²) >= 11 is 0. The molecule has 0 amide bonds. The summed E-state index contributed by atoms with van der Waals surface area (Å²) in [6.45, 7) is 1.20. The van der Waals surface area contributed by atoms with Gasteiger partial charge in [-0.25, -0.2) is 13.6 Å². The first-order valence-electron chi connectivity index (χ1n) is 9.79. The van der Waals surface area contributed by atoms with Gasteiger partial charge >= 0.3 is 5.97 Å². The summed E-state index contributed by atoms with van der Waals surface area (Å²) in [6, 6.07) is 0.679. The molecule has 2 aliphatic carbocycles. The lowest BCUT2D eigenvalue weighted by Gasteiger charge is -2.24. The number of hydrogen-bond acceptors (Lipinski definition) is 5. The summed E-state index contributed by atoms with van der Waals surface area (Å²) in [5, 5.41) is 9.14. The van der Waals surface area contributed by atoms with Gasteiger partial charge in [0.25, 0.3) is 0 Å². The maximum absolute atomic E-state index is 15.7. The quantitative estimate of drug-likeness (QED) is 0.672. The van der Waals surface area contributed by atoms with E-state index >= 15 is 4.39 Å². The molecule has 3 fully saturated rings. The van der Waals surface area contributed by atoms with E-state index in [0.717, 1.165) is 25.5 Å². The Morgan fingerprint density at radius 1 is 1.34 bits per heavy atom. The number of carboxylic acid groups (broad SMARTS) is 1. The van der Waals surface area contributed by atoms with Crippen LogP contribution in [0.1, 0.15) is 42.1 Å². The zero-order chi connectivity index (χ0) is 20.7. The molecule has 1 saturated heterocycles. The minimum atomic E-state index is -1.45. The van der Waals surface area contributed by atoms with Crippen molar-refractivity contribution in [3.05, 3.63) is 33.9 Å². The van der Waals surface area contributed by atoms with E-state index in [1.54, 1.807) is 0 Å². The third-order valence-electron chi connectivity index (χ3n) is 6.69. The van der Waals surface area contributed by atoms with Crippen LogP contribution in [-0.2, 0) is 0 Å². The molecule has 154 valence electrons. The molecule has 0 radical (unpaired) electrons. The summed E-state index contributed by atoms with van der Waals surface area (Å²) in [4.78, 5) is 26.0. The molecular formula is C20H22F2N4O3. The Morgan fingerprint density at radius 3 is 2.62 bits per heavy atom. The molecule has 1 aliphatic heterocycles. The molecule has 2 heterocycles. The number of benzene rings is 1. The van der Waals surface area contributed by atoms with Crippen molar-refractivity contribution in [1.29, 1.82) is 0 Å². The van der Waals surface area contributed by atoms with Crippen LogP contribution in [0.3, 0.4) is 0 Å². The number of alkyl halides is 1. The topological polar surface area (TPSA) is 115 Å². The number of nitrogens with zero attached hydrogens (tertiary/aromatic N) is 2. The van der Waals surface area contributed by atoms with Crippen LogP contribution in [-0.4, -0.2) is 40.4 Å². The minimum absolute atomic E-state index is 0.00774. The highest BCUT2D eigenvalue weighted by atomic mass is 19.1. The van der Waals surface area contributed by atoms with E-state index in [4.69, 9.17) is 11.5 Å². The van der Waals surface area contributed by atoms with Crippen molar-refractivity contribution in [1.82, 2.24) is 4.57 Å². The number of rotatable bonds is 4. The zero-order valence-electron chi connectivity index (χ0n) is 15.7. The second kappa shape index (κ2) is 5.91. The van der Waals surface area contributed by atoms with E-state index in [9.17, 15) is 19.1 Å². The largest absolute Gasteiger partial charge is 0.477 e. The lowest BCUT2D eigenvalue weighted by Crippen LogP contribution is -2.34. The van der Waals surface area contributed by atoms with Gasteiger partial charge in [-0.2, -0.15) is 0 Å². The lowest BCUT2D eigenvalue weighted by atomic mass is 9.97. The van der Waals surface area contributed by atoms with Crippen LogP contribution in [0.4, 0.5) is 20.2 Å². The van der Waals surface area contributed by atoms with Gasteiger partial charge in [-0.1, -0.05) is 0 Å². The highest BCUT2D eigenvalue weighted by molar-refractivity contribution is 5.99. The first-order chi connectivity index (χ1) is 13.7. The predicted molar refractivity (Wildman–Crippen MR) is 105 cm³/mol. The van der Waals surface area contributed by atoms with Crippen LogP contribution in [0.2, 0.25) is 0 Å². The molecule has 5 rings (SSSR count). The number of nitrogens with two attached hydrogens (primary N) is 2. The number of pyridine rings is 1. The molecule has 0 bridgehead atoms. The van der Waals surface area contributed by atoms with Crippen LogP contribution in [0.25, 0.3) is 10.9 Å². The fraction of sp³-hybridized carbons (Fsp3) is 0.500. The van der Waals surface area contributed by atoms with E-state index in [-0.39, 0.29) is 40.2 Å². The average Bonchev–Trinajstić information content (AvgIpc) is 3.53. The van der Waals surface area contributed by atoms with Gasteiger partial charge in [0.15, 0.2) is 5.82 Å². The highest BCUT2D eigenvalue weighted by Gasteiger charge is 2.48. The number of anilines is 2. The van der Waals surface area contributed by atoms with Crippen molar-refractivity contribution < 1.29 is 18.7 Å². The summed E-state index contributed by atoms with van der Waals surface area (Å²) in [5.74, 6) is -1.87. The van der Waals surface area contributed by atoms with Gasteiger partial charge in [0.1, 0.15) is 11.7 Å². The smallest absolute Gasteiger partial charge is 0.341 e. The molecule has 5 N–H and O–H groups in total. The molecule has 3 atom stereocenters. The molecule has 0 spiro atoms. The van der Waals surface area contributed by atoms with Crippen molar-refractivity contribution in [2.24, 2.45) is 11.7 Å². The van der Waals surface area contributed by atoms with Crippen LogP contribution < -0.4 is 21.8 Å². The number of nitrogen functional groups attached to an aromatic ring is 1. The molecule has 1 aromatic heterocycles. The SMILES string of the molecule is Nc1cc(N2CC[C@@H](C3(N)CC3)C2)c(F)c2c1c(=O)c(C(=O)O)cn2C1C[C@@H]1F. The van der Waals surface area contributed by atoms with Crippen LogP contribution in [0, 0.1) is 11.7 Å². The van der Waals surface area contributed by atoms with Crippen molar-refractivity contribution in [3.63, 3.8) is 0 Å². The number of carbonyl (C=O) groups is 1. The maximum atomic E-state index is 15.7. The number of aromatic carboxylic acids is 1. The minimum Gasteiger partial charge on any atom is -0.477 e. The maximum Gasteiger partial charge on any atom is 0.341 e. The van der Waals surface area contributed by atoms with E-state index in [1.807, 2.05) is 4.90 Å². The Morgan fingerprint density at radius 2 is 2.03 bits per heavy atom. The highest BCUT2D eigenvalue weighted by Crippen LogP contribution is 2.46. The van der Waals surface area contributed by atoms with Crippen molar-refractivity contribution in [2.45, 2.75) is 43.4 Å². The zero-order valence-corrected chi connectivity index (χ0v) is 15.7. The molecule has 1 unspecified atom stereocenters. The number of aromatic nitrogens is 1. The van der Waals surface area contributed by atoms with E-state index in [1.165, 1.54) is 10.6 Å². The number of halogens is 2. The average molecular weight is 404 g/mol. The molecule has 2 aromatic rings. The van der Waals surface area contributed by atoms with Crippen LogP contribution >= 0.6 is 0 Å². The van der Waals surface area contributed by atoms with Crippen LogP contribution in [0.5, 0.6) is 0 Å². The Kier molecular flexibility index (Phi) is 3.74. The van der Waals surface area contributed by atoms with Gasteiger partial charge in [0, 0.05) is 36.9 Å².